The number of benzene rings is 2. The van der Waals surface area contributed by atoms with E-state index in [-0.39, 0.29) is 24.8 Å². The Hall–Kier alpha value is -1.000. The molecule has 1 fully saturated rings. The second-order valence-electron chi connectivity index (χ2n) is 6.34. The minimum atomic E-state index is 0. The Kier molecular flexibility index (Phi) is 8.31. The molecule has 0 spiro atoms. The molecule has 5 heteroatoms. The van der Waals surface area contributed by atoms with Gasteiger partial charge in [-0.05, 0) is 22.9 Å². The smallest absolute Gasteiger partial charge is 0.123 e. The minimum absolute atomic E-state index is 0. The van der Waals surface area contributed by atoms with E-state index >= 15 is 0 Å². The normalized spacial score (nSPS) is 17.6. The van der Waals surface area contributed by atoms with E-state index in [9.17, 15) is 5.11 Å². The van der Waals surface area contributed by atoms with Gasteiger partial charge >= 0.3 is 0 Å². The molecule has 2 atom stereocenters. The minimum Gasteiger partial charge on any atom is -0.507 e. The molecule has 24 heavy (non-hydrogen) atoms. The van der Waals surface area contributed by atoms with E-state index in [0.29, 0.717) is 17.7 Å². The Morgan fingerprint density at radius 2 is 1.67 bits per heavy atom. The molecule has 0 aromatic heterocycles. The molecule has 2 aromatic carbocycles. The summed E-state index contributed by atoms with van der Waals surface area (Å²) >= 11 is 0. The van der Waals surface area contributed by atoms with Gasteiger partial charge in [-0.15, -0.1) is 24.8 Å². The monoisotopic (exact) mass is 370 g/mol. The molecule has 3 nitrogen and oxygen atoms in total. The lowest BCUT2D eigenvalue weighted by Gasteiger charge is -2.39. The lowest BCUT2D eigenvalue weighted by molar-refractivity contribution is 0.129. The molecule has 0 aliphatic carbocycles. The van der Waals surface area contributed by atoms with Gasteiger partial charge in [0.15, 0.2) is 0 Å². The molecular weight excluding hydrogens is 343 g/mol. The maximum atomic E-state index is 10.2. The summed E-state index contributed by atoms with van der Waals surface area (Å²) in [5.41, 5.74) is 1.35. The van der Waals surface area contributed by atoms with Crippen molar-refractivity contribution in [3.8, 4) is 5.75 Å². The summed E-state index contributed by atoms with van der Waals surface area (Å²) in [7, 11) is 0. The molecule has 1 saturated heterocycles. The molecule has 2 aromatic rings. The number of phenols is 1. The number of nitrogens with one attached hydrogen (secondary N) is 1. The zero-order valence-corrected chi connectivity index (χ0v) is 16.0. The molecule has 1 aliphatic rings. The molecule has 0 amide bonds. The van der Waals surface area contributed by atoms with Crippen LogP contribution in [0.25, 0.3) is 10.8 Å². The van der Waals surface area contributed by atoms with Crippen LogP contribution in [0.1, 0.15) is 31.9 Å². The van der Waals surface area contributed by atoms with Gasteiger partial charge in [-0.1, -0.05) is 50.6 Å². The molecular formula is C19H28Cl2N2O. The van der Waals surface area contributed by atoms with Gasteiger partial charge in [-0.25, -0.2) is 0 Å². The fourth-order valence-electron chi connectivity index (χ4n) is 3.61. The number of phenolic OH excluding ortho intramolecular Hbond substituents is 1. The van der Waals surface area contributed by atoms with Crippen LogP contribution < -0.4 is 5.32 Å². The van der Waals surface area contributed by atoms with Gasteiger partial charge in [0.1, 0.15) is 5.75 Å². The average molecular weight is 371 g/mol. The maximum absolute atomic E-state index is 10.2. The van der Waals surface area contributed by atoms with Gasteiger partial charge in [0.2, 0.25) is 0 Å². The van der Waals surface area contributed by atoms with Crippen molar-refractivity contribution >= 4 is 35.6 Å². The van der Waals surface area contributed by atoms with Crippen LogP contribution in [0.15, 0.2) is 36.4 Å². The van der Waals surface area contributed by atoms with Crippen molar-refractivity contribution in [2.75, 3.05) is 26.2 Å². The van der Waals surface area contributed by atoms with E-state index in [1.54, 1.807) is 0 Å². The van der Waals surface area contributed by atoms with E-state index in [4.69, 9.17) is 0 Å². The average Bonchev–Trinajstić information content (AvgIpc) is 2.58. The Bertz CT molecular complexity index is 644. The van der Waals surface area contributed by atoms with Crippen molar-refractivity contribution < 1.29 is 5.11 Å². The number of nitrogens with zero attached hydrogens (tertiary/aromatic N) is 1. The van der Waals surface area contributed by atoms with Gasteiger partial charge in [-0.2, -0.15) is 0 Å². The van der Waals surface area contributed by atoms with E-state index in [1.165, 1.54) is 10.9 Å². The maximum Gasteiger partial charge on any atom is 0.123 e. The van der Waals surface area contributed by atoms with Crippen LogP contribution >= 0.6 is 24.8 Å². The van der Waals surface area contributed by atoms with Gasteiger partial charge in [0, 0.05) is 37.6 Å². The first-order valence-corrected chi connectivity index (χ1v) is 8.37. The van der Waals surface area contributed by atoms with Crippen molar-refractivity contribution in [1.82, 2.24) is 10.2 Å². The summed E-state index contributed by atoms with van der Waals surface area (Å²) in [6.07, 6.45) is 1.16. The number of hydrogen-bond donors (Lipinski definition) is 2. The van der Waals surface area contributed by atoms with Crippen LogP contribution in [0.4, 0.5) is 0 Å². The third-order valence-electron chi connectivity index (χ3n) is 4.98. The van der Waals surface area contributed by atoms with Crippen molar-refractivity contribution in [3.05, 3.63) is 42.0 Å². The Labute approximate surface area is 157 Å². The molecule has 3 rings (SSSR count). The zero-order chi connectivity index (χ0) is 15.5. The fourth-order valence-corrected chi connectivity index (χ4v) is 3.61. The van der Waals surface area contributed by atoms with E-state index < -0.39 is 0 Å². The van der Waals surface area contributed by atoms with Crippen LogP contribution in [-0.4, -0.2) is 36.2 Å². The van der Waals surface area contributed by atoms with E-state index in [2.05, 4.69) is 42.3 Å². The third-order valence-corrected chi connectivity index (χ3v) is 4.98. The molecule has 0 bridgehead atoms. The molecule has 0 radical (unpaired) electrons. The van der Waals surface area contributed by atoms with Gasteiger partial charge in [-0.3, -0.25) is 4.90 Å². The first-order valence-electron chi connectivity index (χ1n) is 8.37. The highest BCUT2D eigenvalue weighted by Gasteiger charge is 2.27. The number of rotatable bonds is 4. The van der Waals surface area contributed by atoms with Crippen molar-refractivity contribution in [2.24, 2.45) is 5.92 Å². The van der Waals surface area contributed by atoms with Gasteiger partial charge < -0.3 is 10.4 Å². The summed E-state index contributed by atoms with van der Waals surface area (Å²) < 4.78 is 0. The van der Waals surface area contributed by atoms with Crippen LogP contribution in [0, 0.1) is 5.92 Å². The third kappa shape index (κ3) is 4.15. The second kappa shape index (κ2) is 9.47. The highest BCUT2D eigenvalue weighted by atomic mass is 35.5. The number of aromatic hydroxyl groups is 1. The van der Waals surface area contributed by atoms with E-state index in [1.807, 2.05) is 18.2 Å². The summed E-state index contributed by atoms with van der Waals surface area (Å²) in [5, 5.41) is 15.8. The first-order chi connectivity index (χ1) is 10.7. The fraction of sp³-hybridized carbons (Fsp3) is 0.474. The van der Waals surface area contributed by atoms with Crippen LogP contribution in [0.2, 0.25) is 0 Å². The SMILES string of the molecule is CCC(C)[C@H](c1ccc(O)c2ccccc12)N1CCNCC1.Cl.Cl. The Balaban J connectivity index is 0.00000144. The van der Waals surface area contributed by atoms with Crippen molar-refractivity contribution in [2.45, 2.75) is 26.3 Å². The predicted molar refractivity (Wildman–Crippen MR) is 107 cm³/mol. The summed E-state index contributed by atoms with van der Waals surface area (Å²) in [5.74, 6) is 0.966. The Morgan fingerprint density at radius 1 is 1.04 bits per heavy atom. The lowest BCUT2D eigenvalue weighted by atomic mass is 9.87. The molecule has 2 N–H and O–H groups in total. The molecule has 1 heterocycles. The zero-order valence-electron chi connectivity index (χ0n) is 14.4. The van der Waals surface area contributed by atoms with Crippen LogP contribution in [-0.2, 0) is 0 Å². The number of piperazine rings is 1. The van der Waals surface area contributed by atoms with E-state index in [0.717, 1.165) is 38.0 Å². The Morgan fingerprint density at radius 3 is 2.29 bits per heavy atom. The molecule has 1 unspecified atom stereocenters. The quantitative estimate of drug-likeness (QED) is 0.837. The van der Waals surface area contributed by atoms with Crippen molar-refractivity contribution in [1.29, 1.82) is 0 Å². The topological polar surface area (TPSA) is 35.5 Å². The first kappa shape index (κ1) is 21.0. The second-order valence-corrected chi connectivity index (χ2v) is 6.34. The number of fused-ring (bicyclic) bond motifs is 1. The van der Waals surface area contributed by atoms with Gasteiger partial charge in [0.25, 0.3) is 0 Å². The molecule has 1 aliphatic heterocycles. The highest BCUT2D eigenvalue weighted by Crippen LogP contribution is 2.37. The summed E-state index contributed by atoms with van der Waals surface area (Å²) in [4.78, 5) is 2.60. The standard InChI is InChI=1S/C19H26N2O.2ClH/c1-3-14(2)19(21-12-10-20-11-13-21)17-8-9-18(22)16-7-5-4-6-15(16)17;;/h4-9,14,19-20,22H,3,10-13H2,1-2H3;2*1H/t14?,19-;;/m1../s1. The molecule has 0 saturated carbocycles. The summed E-state index contributed by atoms with van der Waals surface area (Å²) in [6.45, 7) is 8.90. The largest absolute Gasteiger partial charge is 0.507 e. The van der Waals surface area contributed by atoms with Crippen LogP contribution in [0.5, 0.6) is 5.75 Å². The molecule has 134 valence electrons. The van der Waals surface area contributed by atoms with Crippen LogP contribution in [0.3, 0.4) is 0 Å². The van der Waals surface area contributed by atoms with Gasteiger partial charge in [0.05, 0.1) is 0 Å². The van der Waals surface area contributed by atoms with Crippen molar-refractivity contribution in [3.63, 3.8) is 0 Å². The number of hydrogen-bond acceptors (Lipinski definition) is 3. The lowest BCUT2D eigenvalue weighted by Crippen LogP contribution is -2.46. The highest BCUT2D eigenvalue weighted by molar-refractivity contribution is 5.91. The summed E-state index contributed by atoms with van der Waals surface area (Å²) in [6, 6.07) is 12.6. The predicted octanol–water partition coefficient (Wildman–Crippen LogP) is 4.38. The number of halogens is 2.